The van der Waals surface area contributed by atoms with Crippen molar-refractivity contribution in [2.24, 2.45) is 5.10 Å². The maximum absolute atomic E-state index is 12.2. The number of amides is 1. The summed E-state index contributed by atoms with van der Waals surface area (Å²) >= 11 is 3.40. The number of nitrogens with zero attached hydrogens (tertiary/aromatic N) is 1. The van der Waals surface area contributed by atoms with Gasteiger partial charge >= 0.3 is 0 Å². The van der Waals surface area contributed by atoms with E-state index in [0.29, 0.717) is 0 Å². The third-order valence-corrected chi connectivity index (χ3v) is 4.29. The zero-order chi connectivity index (χ0) is 17.6. The van der Waals surface area contributed by atoms with Crippen LogP contribution in [0.25, 0.3) is 10.8 Å². The van der Waals surface area contributed by atoms with Gasteiger partial charge in [0, 0.05) is 15.5 Å². The molecular formula is C20H18BrN3O. The lowest BCUT2D eigenvalue weighted by atomic mass is 10.1. The zero-order valence-corrected chi connectivity index (χ0v) is 15.3. The van der Waals surface area contributed by atoms with E-state index in [2.05, 4.69) is 31.8 Å². The van der Waals surface area contributed by atoms with E-state index in [1.54, 1.807) is 6.21 Å². The molecule has 2 N–H and O–H groups in total. The largest absolute Gasteiger partial charge is 0.373 e. The van der Waals surface area contributed by atoms with E-state index >= 15 is 0 Å². The van der Waals surface area contributed by atoms with E-state index in [0.717, 1.165) is 26.5 Å². The molecule has 0 radical (unpaired) electrons. The normalized spacial score (nSPS) is 12.2. The molecule has 0 bridgehead atoms. The highest BCUT2D eigenvalue weighted by molar-refractivity contribution is 9.10. The Labute approximate surface area is 155 Å². The summed E-state index contributed by atoms with van der Waals surface area (Å²) in [5, 5.41) is 9.49. The van der Waals surface area contributed by atoms with Gasteiger partial charge in [-0.25, -0.2) is 5.43 Å². The number of hydrogen-bond acceptors (Lipinski definition) is 3. The van der Waals surface area contributed by atoms with Crippen molar-refractivity contribution in [2.45, 2.75) is 13.0 Å². The van der Waals surface area contributed by atoms with Crippen LogP contribution in [0.2, 0.25) is 0 Å². The Morgan fingerprint density at radius 2 is 1.84 bits per heavy atom. The molecule has 0 aliphatic heterocycles. The molecule has 3 aromatic carbocycles. The van der Waals surface area contributed by atoms with Crippen LogP contribution in [-0.2, 0) is 4.79 Å². The Balaban J connectivity index is 1.64. The molecule has 0 saturated heterocycles. The zero-order valence-electron chi connectivity index (χ0n) is 13.7. The topological polar surface area (TPSA) is 53.5 Å². The van der Waals surface area contributed by atoms with E-state index in [1.165, 1.54) is 0 Å². The molecule has 0 spiro atoms. The molecule has 0 aromatic heterocycles. The van der Waals surface area contributed by atoms with Crippen LogP contribution in [0.4, 0.5) is 5.69 Å². The number of hydrazone groups is 1. The van der Waals surface area contributed by atoms with Gasteiger partial charge in [0.05, 0.1) is 6.21 Å². The van der Waals surface area contributed by atoms with Gasteiger partial charge in [-0.2, -0.15) is 5.10 Å². The Hall–Kier alpha value is -2.66. The highest BCUT2D eigenvalue weighted by Gasteiger charge is 2.12. The van der Waals surface area contributed by atoms with E-state index < -0.39 is 6.04 Å². The smallest absolute Gasteiger partial charge is 0.262 e. The summed E-state index contributed by atoms with van der Waals surface area (Å²) in [6.07, 6.45) is 1.62. The molecule has 0 fully saturated rings. The quantitative estimate of drug-likeness (QED) is 0.491. The monoisotopic (exact) mass is 395 g/mol. The number of anilines is 1. The van der Waals surface area contributed by atoms with Crippen molar-refractivity contribution in [3.05, 3.63) is 76.8 Å². The van der Waals surface area contributed by atoms with Gasteiger partial charge in [0.1, 0.15) is 6.04 Å². The Kier molecular flexibility index (Phi) is 5.46. The predicted octanol–water partition coefficient (Wildman–Crippen LogP) is 4.55. The SMILES string of the molecule is C[C@@H](Nc1cccc2ccccc12)C(=O)N/N=C\c1cccc(Br)c1. The van der Waals surface area contributed by atoms with Gasteiger partial charge in [-0.1, -0.05) is 64.5 Å². The van der Waals surface area contributed by atoms with Gasteiger partial charge in [0.15, 0.2) is 0 Å². The van der Waals surface area contributed by atoms with Crippen LogP contribution in [0.15, 0.2) is 76.3 Å². The number of benzene rings is 3. The molecule has 3 aromatic rings. The second-order valence-corrected chi connectivity index (χ2v) is 6.60. The summed E-state index contributed by atoms with van der Waals surface area (Å²) in [6, 6.07) is 21.3. The number of rotatable bonds is 5. The van der Waals surface area contributed by atoms with Crippen LogP contribution in [0.5, 0.6) is 0 Å². The van der Waals surface area contributed by atoms with E-state index in [9.17, 15) is 4.79 Å². The lowest BCUT2D eigenvalue weighted by molar-refractivity contribution is -0.121. The molecule has 0 unspecified atom stereocenters. The van der Waals surface area contributed by atoms with Crippen LogP contribution in [0, 0.1) is 0 Å². The van der Waals surface area contributed by atoms with Crippen LogP contribution in [0.1, 0.15) is 12.5 Å². The first kappa shape index (κ1) is 17.2. The van der Waals surface area contributed by atoms with Crippen LogP contribution in [0.3, 0.4) is 0 Å². The molecule has 1 atom stereocenters. The summed E-state index contributed by atoms with van der Waals surface area (Å²) < 4.78 is 0.966. The first-order valence-electron chi connectivity index (χ1n) is 7.96. The Bertz CT molecular complexity index is 918. The molecule has 4 nitrogen and oxygen atoms in total. The minimum absolute atomic E-state index is 0.195. The fourth-order valence-electron chi connectivity index (χ4n) is 2.50. The highest BCUT2D eigenvalue weighted by Crippen LogP contribution is 2.23. The van der Waals surface area contributed by atoms with Gasteiger partial charge in [-0.15, -0.1) is 0 Å². The van der Waals surface area contributed by atoms with Gasteiger partial charge in [0.2, 0.25) is 0 Å². The molecule has 0 heterocycles. The number of carbonyl (C=O) groups is 1. The van der Waals surface area contributed by atoms with Crippen LogP contribution < -0.4 is 10.7 Å². The third kappa shape index (κ3) is 4.45. The van der Waals surface area contributed by atoms with Crippen molar-refractivity contribution in [2.75, 3.05) is 5.32 Å². The average Bonchev–Trinajstić information content (AvgIpc) is 2.62. The summed E-state index contributed by atoms with van der Waals surface area (Å²) in [5.41, 5.74) is 4.41. The molecule has 0 aliphatic carbocycles. The average molecular weight is 396 g/mol. The van der Waals surface area contributed by atoms with Crippen molar-refractivity contribution < 1.29 is 4.79 Å². The second-order valence-electron chi connectivity index (χ2n) is 5.68. The maximum atomic E-state index is 12.2. The molecule has 3 rings (SSSR count). The molecule has 126 valence electrons. The number of nitrogens with one attached hydrogen (secondary N) is 2. The molecular weight excluding hydrogens is 378 g/mol. The van der Waals surface area contributed by atoms with Crippen molar-refractivity contribution in [1.29, 1.82) is 0 Å². The fraction of sp³-hybridized carbons (Fsp3) is 0.100. The molecule has 25 heavy (non-hydrogen) atoms. The van der Waals surface area contributed by atoms with Gasteiger partial charge in [0.25, 0.3) is 5.91 Å². The molecule has 1 amide bonds. The highest BCUT2D eigenvalue weighted by atomic mass is 79.9. The molecule has 0 aliphatic rings. The summed E-state index contributed by atoms with van der Waals surface area (Å²) in [5.74, 6) is -0.195. The van der Waals surface area contributed by atoms with Crippen molar-refractivity contribution in [3.8, 4) is 0 Å². The Morgan fingerprint density at radius 3 is 2.68 bits per heavy atom. The lowest BCUT2D eigenvalue weighted by Crippen LogP contribution is -2.34. The van der Waals surface area contributed by atoms with Crippen molar-refractivity contribution in [1.82, 2.24) is 5.43 Å². The number of carbonyl (C=O) groups excluding carboxylic acids is 1. The summed E-state index contributed by atoms with van der Waals surface area (Å²) in [7, 11) is 0. The number of fused-ring (bicyclic) bond motifs is 1. The fourth-order valence-corrected chi connectivity index (χ4v) is 2.92. The molecule has 5 heteroatoms. The van der Waals surface area contributed by atoms with Crippen LogP contribution in [-0.4, -0.2) is 18.2 Å². The van der Waals surface area contributed by atoms with Crippen LogP contribution >= 0.6 is 15.9 Å². The second kappa shape index (κ2) is 7.94. The van der Waals surface area contributed by atoms with Crippen molar-refractivity contribution >= 4 is 44.5 Å². The lowest BCUT2D eigenvalue weighted by Gasteiger charge is -2.15. The van der Waals surface area contributed by atoms with E-state index in [1.807, 2.05) is 73.7 Å². The number of hydrogen-bond donors (Lipinski definition) is 2. The first-order valence-corrected chi connectivity index (χ1v) is 8.75. The first-order chi connectivity index (χ1) is 12.1. The van der Waals surface area contributed by atoms with E-state index in [-0.39, 0.29) is 5.91 Å². The Morgan fingerprint density at radius 1 is 1.08 bits per heavy atom. The summed E-state index contributed by atoms with van der Waals surface area (Å²) in [6.45, 7) is 1.81. The summed E-state index contributed by atoms with van der Waals surface area (Å²) in [4.78, 5) is 12.2. The minimum Gasteiger partial charge on any atom is -0.373 e. The molecule has 0 saturated carbocycles. The maximum Gasteiger partial charge on any atom is 0.262 e. The standard InChI is InChI=1S/C20H18BrN3O/c1-14(20(25)24-22-13-15-6-4-9-17(21)12-15)23-19-11-5-8-16-7-2-3-10-18(16)19/h2-14,23H,1H3,(H,24,25)/b22-13-/t14-/m1/s1. The van der Waals surface area contributed by atoms with E-state index in [4.69, 9.17) is 0 Å². The number of halogens is 1. The van der Waals surface area contributed by atoms with Crippen molar-refractivity contribution in [3.63, 3.8) is 0 Å². The third-order valence-electron chi connectivity index (χ3n) is 3.79. The predicted molar refractivity (Wildman–Crippen MR) is 107 cm³/mol. The minimum atomic E-state index is -0.412. The van der Waals surface area contributed by atoms with Gasteiger partial charge in [-0.05, 0) is 36.1 Å². The van der Waals surface area contributed by atoms with Gasteiger partial charge < -0.3 is 5.32 Å². The van der Waals surface area contributed by atoms with Gasteiger partial charge in [-0.3, -0.25) is 4.79 Å².